The monoisotopic (exact) mass is 324 g/mol. The molecule has 0 aromatic heterocycles. The van der Waals surface area contributed by atoms with Gasteiger partial charge in [0.25, 0.3) is 5.69 Å². The molecule has 0 heterocycles. The van der Waals surface area contributed by atoms with Crippen molar-refractivity contribution < 1.29 is 10.0 Å². The average molecular weight is 324 g/mol. The minimum Gasteiger partial charge on any atom is -0.506 e. The first-order valence-electron chi connectivity index (χ1n) is 7.56. The second-order valence-corrected chi connectivity index (χ2v) is 6.41. The van der Waals surface area contributed by atoms with Crippen LogP contribution in [0, 0.1) is 10.1 Å². The van der Waals surface area contributed by atoms with Crippen LogP contribution in [-0.2, 0) is 5.41 Å². The van der Waals surface area contributed by atoms with E-state index in [2.05, 4.69) is 25.8 Å². The molecule has 0 atom stereocenters. The second kappa shape index (κ2) is 7.08. The molecule has 0 fully saturated rings. The molecule has 5 nitrogen and oxygen atoms in total. The molecule has 0 bridgehead atoms. The van der Waals surface area contributed by atoms with Gasteiger partial charge in [0.1, 0.15) is 11.4 Å². The summed E-state index contributed by atoms with van der Waals surface area (Å²) < 4.78 is 0. The first kappa shape index (κ1) is 17.4. The molecular formula is C19H20N2O3. The van der Waals surface area contributed by atoms with Gasteiger partial charge in [-0.05, 0) is 41.3 Å². The van der Waals surface area contributed by atoms with Crippen LogP contribution < -0.4 is 0 Å². The van der Waals surface area contributed by atoms with Crippen molar-refractivity contribution in [1.82, 2.24) is 0 Å². The lowest BCUT2D eigenvalue weighted by atomic mass is 9.87. The summed E-state index contributed by atoms with van der Waals surface area (Å²) in [6, 6.07) is 11.8. The second-order valence-electron chi connectivity index (χ2n) is 6.41. The molecule has 2 rings (SSSR count). The average Bonchev–Trinajstić information content (AvgIpc) is 2.52. The number of allylic oxidation sites excluding steroid dienone is 1. The van der Waals surface area contributed by atoms with Crippen molar-refractivity contribution in [2.45, 2.75) is 26.2 Å². The van der Waals surface area contributed by atoms with E-state index < -0.39 is 4.92 Å². The third-order valence-corrected chi connectivity index (χ3v) is 3.55. The Morgan fingerprint density at radius 1 is 1.17 bits per heavy atom. The highest BCUT2D eigenvalue weighted by Crippen LogP contribution is 2.32. The molecule has 2 aromatic rings. The Bertz CT molecular complexity index is 802. The highest BCUT2D eigenvalue weighted by Gasteiger charge is 2.15. The fourth-order valence-electron chi connectivity index (χ4n) is 2.16. The Labute approximate surface area is 141 Å². The smallest absolute Gasteiger partial charge is 0.276 e. The van der Waals surface area contributed by atoms with Gasteiger partial charge in [-0.2, -0.15) is 0 Å². The summed E-state index contributed by atoms with van der Waals surface area (Å²) in [6.45, 7) is 6.25. The number of phenolic OH excluding ortho intramolecular Hbond substituents is 1. The largest absolute Gasteiger partial charge is 0.506 e. The molecule has 0 aliphatic carbocycles. The lowest BCUT2D eigenvalue weighted by molar-refractivity contribution is -0.385. The maximum Gasteiger partial charge on any atom is 0.276 e. The van der Waals surface area contributed by atoms with Crippen LogP contribution >= 0.6 is 0 Å². The van der Waals surface area contributed by atoms with E-state index >= 15 is 0 Å². The van der Waals surface area contributed by atoms with E-state index in [0.29, 0.717) is 11.3 Å². The van der Waals surface area contributed by atoms with Gasteiger partial charge in [0.05, 0.1) is 10.5 Å². The number of nitro groups is 1. The van der Waals surface area contributed by atoms with Gasteiger partial charge >= 0.3 is 0 Å². The molecule has 0 aliphatic rings. The van der Waals surface area contributed by atoms with Gasteiger partial charge in [0.15, 0.2) is 0 Å². The van der Waals surface area contributed by atoms with Crippen LogP contribution in [0.2, 0.25) is 0 Å². The topological polar surface area (TPSA) is 75.7 Å². The third kappa shape index (κ3) is 4.29. The molecule has 0 aliphatic heterocycles. The van der Waals surface area contributed by atoms with Crippen molar-refractivity contribution >= 4 is 23.7 Å². The third-order valence-electron chi connectivity index (χ3n) is 3.55. The molecule has 0 unspecified atom stereocenters. The standard InChI is InChI=1S/C19H20N2O3/c1-19(2,3)15-10-11-18(22)16(13-15)20-12-6-8-14-7-4-5-9-17(14)21(23)24/h4-13,22H,1-3H3/b8-6+,20-12?. The van der Waals surface area contributed by atoms with Gasteiger partial charge in [-0.15, -0.1) is 0 Å². The quantitative estimate of drug-likeness (QED) is 0.488. The number of para-hydroxylation sites is 1. The summed E-state index contributed by atoms with van der Waals surface area (Å²) in [5.74, 6) is 0.0957. The summed E-state index contributed by atoms with van der Waals surface area (Å²) >= 11 is 0. The number of nitrogens with zero attached hydrogens (tertiary/aromatic N) is 2. The van der Waals surface area contributed by atoms with E-state index in [4.69, 9.17) is 0 Å². The lowest BCUT2D eigenvalue weighted by Crippen LogP contribution is -2.10. The van der Waals surface area contributed by atoms with Gasteiger partial charge in [0.2, 0.25) is 0 Å². The Kier molecular flexibility index (Phi) is 5.14. The van der Waals surface area contributed by atoms with Crippen molar-refractivity contribution in [2.75, 3.05) is 0 Å². The minimum absolute atomic E-state index is 0.0414. The fourth-order valence-corrected chi connectivity index (χ4v) is 2.16. The van der Waals surface area contributed by atoms with Crippen molar-refractivity contribution in [1.29, 1.82) is 0 Å². The van der Waals surface area contributed by atoms with Crippen molar-refractivity contribution in [3.63, 3.8) is 0 Å². The summed E-state index contributed by atoms with van der Waals surface area (Å²) in [5.41, 5.74) is 2.03. The number of benzene rings is 2. The van der Waals surface area contributed by atoms with Crippen LogP contribution in [0.15, 0.2) is 53.5 Å². The van der Waals surface area contributed by atoms with Crippen LogP contribution in [0.25, 0.3) is 6.08 Å². The summed E-state index contributed by atoms with van der Waals surface area (Å²) in [5, 5.41) is 20.9. The zero-order chi connectivity index (χ0) is 17.7. The number of aromatic hydroxyl groups is 1. The van der Waals surface area contributed by atoms with E-state index in [-0.39, 0.29) is 16.9 Å². The SMILES string of the molecule is CC(C)(C)c1ccc(O)c(N=C/C=C/c2ccccc2[N+](=O)[O-])c1. The normalized spacial score (nSPS) is 12.1. The lowest BCUT2D eigenvalue weighted by Gasteiger charge is -2.19. The van der Waals surface area contributed by atoms with Crippen molar-refractivity contribution in [3.05, 3.63) is 69.8 Å². The Hall–Kier alpha value is -2.95. The molecule has 0 amide bonds. The number of phenols is 1. The molecule has 0 saturated carbocycles. The summed E-state index contributed by atoms with van der Waals surface area (Å²) in [7, 11) is 0. The molecule has 5 heteroatoms. The highest BCUT2D eigenvalue weighted by molar-refractivity contribution is 5.82. The number of hydrogen-bond donors (Lipinski definition) is 1. The van der Waals surface area contributed by atoms with Gasteiger partial charge in [0, 0.05) is 12.3 Å². The Morgan fingerprint density at radius 3 is 2.54 bits per heavy atom. The molecule has 1 N–H and O–H groups in total. The minimum atomic E-state index is -0.421. The van der Waals surface area contributed by atoms with Crippen LogP contribution in [-0.4, -0.2) is 16.2 Å². The number of nitro benzene ring substituents is 1. The van der Waals surface area contributed by atoms with Gasteiger partial charge in [-0.25, -0.2) is 0 Å². The maximum atomic E-state index is 11.0. The van der Waals surface area contributed by atoms with E-state index in [1.165, 1.54) is 12.3 Å². The van der Waals surface area contributed by atoms with E-state index in [1.807, 2.05) is 12.1 Å². The predicted molar refractivity (Wildman–Crippen MR) is 97.1 cm³/mol. The molecule has 124 valence electrons. The van der Waals surface area contributed by atoms with E-state index in [9.17, 15) is 15.2 Å². The molecule has 0 radical (unpaired) electrons. The number of rotatable bonds is 4. The van der Waals surface area contributed by atoms with E-state index in [1.54, 1.807) is 36.4 Å². The fraction of sp³-hybridized carbons (Fsp3) is 0.211. The summed E-state index contributed by atoms with van der Waals surface area (Å²) in [6.07, 6.45) is 4.75. The molecule has 24 heavy (non-hydrogen) atoms. The van der Waals surface area contributed by atoms with Crippen molar-refractivity contribution in [2.24, 2.45) is 4.99 Å². The van der Waals surface area contributed by atoms with Gasteiger partial charge in [-0.1, -0.05) is 39.0 Å². The van der Waals surface area contributed by atoms with Crippen LogP contribution in [0.4, 0.5) is 11.4 Å². The predicted octanol–water partition coefficient (Wildman–Crippen LogP) is 5.01. The van der Waals surface area contributed by atoms with Gasteiger partial charge < -0.3 is 5.11 Å². The molecule has 0 spiro atoms. The first-order chi connectivity index (χ1) is 11.3. The van der Waals surface area contributed by atoms with Crippen LogP contribution in [0.1, 0.15) is 31.9 Å². The Balaban J connectivity index is 2.22. The van der Waals surface area contributed by atoms with E-state index in [0.717, 1.165) is 5.56 Å². The molecule has 2 aromatic carbocycles. The first-order valence-corrected chi connectivity index (χ1v) is 7.56. The summed E-state index contributed by atoms with van der Waals surface area (Å²) in [4.78, 5) is 14.8. The molecular weight excluding hydrogens is 304 g/mol. The van der Waals surface area contributed by atoms with Gasteiger partial charge in [-0.3, -0.25) is 15.1 Å². The zero-order valence-corrected chi connectivity index (χ0v) is 13.9. The Morgan fingerprint density at radius 2 is 1.88 bits per heavy atom. The van der Waals surface area contributed by atoms with Crippen LogP contribution in [0.3, 0.4) is 0 Å². The highest BCUT2D eigenvalue weighted by atomic mass is 16.6. The maximum absolute atomic E-state index is 11.0. The number of aliphatic imine (C=N–C) groups is 1. The van der Waals surface area contributed by atoms with Crippen LogP contribution in [0.5, 0.6) is 5.75 Å². The number of hydrogen-bond acceptors (Lipinski definition) is 4. The van der Waals surface area contributed by atoms with Crippen molar-refractivity contribution in [3.8, 4) is 5.75 Å². The molecule has 0 saturated heterocycles. The zero-order valence-electron chi connectivity index (χ0n) is 13.9.